The number of pyridine rings is 2. The average molecular weight is 521 g/mol. The molecule has 0 radical (unpaired) electrons. The van der Waals surface area contributed by atoms with Crippen LogP contribution in [0.1, 0.15) is 13.8 Å². The lowest BCUT2D eigenvalue weighted by molar-refractivity contribution is -0.708. The van der Waals surface area contributed by atoms with Crippen LogP contribution in [0.2, 0.25) is 0 Å². The Hall–Kier alpha value is -2.19. The Morgan fingerprint density at radius 3 is 1.42 bits per heavy atom. The molecule has 0 saturated heterocycles. The van der Waals surface area contributed by atoms with Crippen LogP contribution in [-0.2, 0) is 43.6 Å². The van der Waals surface area contributed by atoms with E-state index >= 15 is 0 Å². The topological polar surface area (TPSA) is 141 Å². The first-order valence-electron chi connectivity index (χ1n) is 9.60. The third-order valence-corrected chi connectivity index (χ3v) is 5.50. The highest BCUT2D eigenvalue weighted by Crippen LogP contribution is 2.12. The smallest absolute Gasteiger partial charge is 0.316 e. The molecule has 2 heterocycles. The van der Waals surface area contributed by atoms with E-state index in [4.69, 9.17) is 27.0 Å². The van der Waals surface area contributed by atoms with E-state index in [2.05, 4.69) is 0 Å². The van der Waals surface area contributed by atoms with Gasteiger partial charge in [-0.2, -0.15) is 9.13 Å². The summed E-state index contributed by atoms with van der Waals surface area (Å²) in [4.78, 5) is 22.2. The van der Waals surface area contributed by atoms with Gasteiger partial charge in [0, 0.05) is 34.7 Å². The Kier molecular flexibility index (Phi) is 16.2. The molecule has 0 saturated carbocycles. The average Bonchev–Trinajstić information content (AvgIpc) is 2.72. The lowest BCUT2D eigenvalue weighted by Crippen LogP contribution is -2.30. The van der Waals surface area contributed by atoms with Crippen molar-refractivity contribution in [3.63, 3.8) is 0 Å². The standard InChI is InChI=1S/2C10H14NO2S.H2O4S/c2*1-3-13-10(12)8-14-9-6-4-5-7-11(9)2;1-5(2,3)4/h2*4-7H,3,8H2,1-2H3;(H2,1,2,3,4)/q2*+1;/p-2. The van der Waals surface area contributed by atoms with Crippen molar-refractivity contribution in [1.82, 2.24) is 0 Å². The number of carbonyl (C=O) groups is 2. The van der Waals surface area contributed by atoms with Gasteiger partial charge in [-0.05, 0) is 49.5 Å². The van der Waals surface area contributed by atoms with Gasteiger partial charge in [-0.25, -0.2) is 0 Å². The number of rotatable bonds is 8. The normalized spacial score (nSPS) is 10.1. The molecule has 10 nitrogen and oxygen atoms in total. The van der Waals surface area contributed by atoms with E-state index in [1.807, 2.05) is 85.9 Å². The zero-order valence-electron chi connectivity index (χ0n) is 18.8. The maximum Gasteiger partial charge on any atom is 0.316 e. The quantitative estimate of drug-likeness (QED) is 0.163. The predicted octanol–water partition coefficient (Wildman–Crippen LogP) is 0.995. The van der Waals surface area contributed by atoms with Crippen molar-refractivity contribution < 1.29 is 45.7 Å². The summed E-state index contributed by atoms with van der Waals surface area (Å²) in [6.45, 7) is 4.51. The van der Waals surface area contributed by atoms with E-state index in [0.29, 0.717) is 24.7 Å². The molecule has 0 N–H and O–H groups in total. The lowest BCUT2D eigenvalue weighted by Gasteiger charge is -2.06. The number of esters is 2. The van der Waals surface area contributed by atoms with Crippen LogP contribution in [0.15, 0.2) is 58.8 Å². The molecule has 0 aliphatic carbocycles. The molecule has 0 unspecified atom stereocenters. The molecule has 0 aliphatic heterocycles. The Morgan fingerprint density at radius 1 is 0.818 bits per heavy atom. The first-order valence-corrected chi connectivity index (χ1v) is 12.9. The summed E-state index contributed by atoms with van der Waals surface area (Å²) in [6.07, 6.45) is 3.90. The number of nitrogens with zero attached hydrogens (tertiary/aromatic N) is 2. The molecule has 33 heavy (non-hydrogen) atoms. The Morgan fingerprint density at radius 2 is 1.15 bits per heavy atom. The first kappa shape index (κ1) is 30.8. The minimum absolute atomic E-state index is 0.165. The van der Waals surface area contributed by atoms with Gasteiger partial charge in [0.25, 0.3) is 0 Å². The van der Waals surface area contributed by atoms with E-state index < -0.39 is 10.4 Å². The van der Waals surface area contributed by atoms with Gasteiger partial charge in [-0.1, -0.05) is 0 Å². The Bertz CT molecular complexity index is 900. The molecule has 0 atom stereocenters. The third-order valence-electron chi connectivity index (χ3n) is 3.30. The van der Waals surface area contributed by atoms with E-state index in [-0.39, 0.29) is 11.9 Å². The summed E-state index contributed by atoms with van der Waals surface area (Å²) < 4.78 is 47.7. The highest BCUT2D eigenvalue weighted by Gasteiger charge is 2.10. The van der Waals surface area contributed by atoms with Gasteiger partial charge in [-0.3, -0.25) is 18.0 Å². The minimum Gasteiger partial charge on any atom is -0.759 e. The highest BCUT2D eigenvalue weighted by molar-refractivity contribution is 8.00. The second kappa shape index (κ2) is 17.3. The van der Waals surface area contributed by atoms with Crippen LogP contribution >= 0.6 is 23.5 Å². The Balaban J connectivity index is 0.000000517. The predicted molar refractivity (Wildman–Crippen MR) is 120 cm³/mol. The van der Waals surface area contributed by atoms with Gasteiger partial charge in [-0.15, -0.1) is 0 Å². The minimum atomic E-state index is -5.17. The van der Waals surface area contributed by atoms with E-state index in [1.54, 1.807) is 0 Å². The molecule has 0 aliphatic rings. The van der Waals surface area contributed by atoms with Crippen LogP contribution in [0.5, 0.6) is 0 Å². The number of carbonyl (C=O) groups excluding carboxylic acids is 2. The fraction of sp³-hybridized carbons (Fsp3) is 0.400. The molecule has 2 aromatic heterocycles. The molecule has 2 aromatic rings. The molecule has 0 fully saturated rings. The molecular weight excluding hydrogens is 492 g/mol. The van der Waals surface area contributed by atoms with Crippen molar-refractivity contribution in [2.45, 2.75) is 23.9 Å². The molecule has 2 rings (SSSR count). The van der Waals surface area contributed by atoms with Gasteiger partial charge in [0.1, 0.15) is 25.6 Å². The summed E-state index contributed by atoms with van der Waals surface area (Å²) in [6, 6.07) is 11.8. The number of hydrogen-bond donors (Lipinski definition) is 0. The van der Waals surface area contributed by atoms with Crippen molar-refractivity contribution in [2.24, 2.45) is 14.1 Å². The summed E-state index contributed by atoms with van der Waals surface area (Å²) in [5.41, 5.74) is 0. The van der Waals surface area contributed by atoms with Gasteiger partial charge >= 0.3 is 11.9 Å². The first-order chi connectivity index (χ1) is 15.5. The lowest BCUT2D eigenvalue weighted by atomic mass is 10.5. The summed E-state index contributed by atoms with van der Waals surface area (Å²) in [5, 5.41) is 2.11. The van der Waals surface area contributed by atoms with Crippen LogP contribution in [0, 0.1) is 0 Å². The second-order valence-corrected chi connectivity index (χ2v) is 8.70. The van der Waals surface area contributed by atoms with E-state index in [1.165, 1.54) is 23.5 Å². The van der Waals surface area contributed by atoms with Gasteiger partial charge in [0.05, 0.1) is 13.2 Å². The van der Waals surface area contributed by atoms with Crippen molar-refractivity contribution in [3.05, 3.63) is 48.8 Å². The van der Waals surface area contributed by atoms with Crippen molar-refractivity contribution in [1.29, 1.82) is 0 Å². The van der Waals surface area contributed by atoms with Crippen LogP contribution in [0.4, 0.5) is 0 Å². The highest BCUT2D eigenvalue weighted by atomic mass is 32.3. The number of ether oxygens (including phenoxy) is 2. The van der Waals surface area contributed by atoms with Crippen molar-refractivity contribution in [3.8, 4) is 0 Å². The van der Waals surface area contributed by atoms with Gasteiger partial charge < -0.3 is 18.6 Å². The third kappa shape index (κ3) is 18.0. The molecule has 0 bridgehead atoms. The zero-order valence-corrected chi connectivity index (χ0v) is 21.3. The number of thioether (sulfide) groups is 2. The molecule has 184 valence electrons. The summed E-state index contributed by atoms with van der Waals surface area (Å²) in [5.74, 6) is 0.403. The summed E-state index contributed by atoms with van der Waals surface area (Å²) >= 11 is 2.97. The van der Waals surface area contributed by atoms with E-state index in [9.17, 15) is 9.59 Å². The second-order valence-electron chi connectivity index (χ2n) is 5.90. The van der Waals surface area contributed by atoms with Crippen molar-refractivity contribution in [2.75, 3.05) is 24.7 Å². The number of hydrogen-bond acceptors (Lipinski definition) is 10. The fourth-order valence-corrected chi connectivity index (χ4v) is 3.56. The monoisotopic (exact) mass is 520 g/mol. The van der Waals surface area contributed by atoms with Gasteiger partial charge in [0.2, 0.25) is 10.1 Å². The SMILES string of the molecule is CCOC(=O)CSc1cccc[n+]1C.CCOC(=O)CSc1cccc[n+]1C.O=S(=O)([O-])[O-]. The molecule has 0 spiro atoms. The molecular formula is C20H28N2O8S3. The Labute approximate surface area is 202 Å². The largest absolute Gasteiger partial charge is 0.759 e. The molecule has 0 aromatic carbocycles. The van der Waals surface area contributed by atoms with E-state index in [0.717, 1.165) is 10.1 Å². The zero-order chi connectivity index (χ0) is 25.3. The molecule has 13 heteroatoms. The van der Waals surface area contributed by atoms with Crippen LogP contribution in [-0.4, -0.2) is 54.2 Å². The van der Waals surface area contributed by atoms with Crippen LogP contribution < -0.4 is 9.13 Å². The van der Waals surface area contributed by atoms with Crippen LogP contribution in [0.3, 0.4) is 0 Å². The molecule has 0 amide bonds. The summed E-state index contributed by atoms with van der Waals surface area (Å²) in [7, 11) is -1.26. The van der Waals surface area contributed by atoms with Crippen LogP contribution in [0.25, 0.3) is 0 Å². The number of aryl methyl sites for hydroxylation is 2. The maximum absolute atomic E-state index is 11.1. The van der Waals surface area contributed by atoms with Crippen molar-refractivity contribution >= 4 is 45.9 Å². The number of aromatic nitrogens is 2. The van der Waals surface area contributed by atoms with Gasteiger partial charge in [0.15, 0.2) is 12.4 Å². The maximum atomic E-state index is 11.1. The fourth-order valence-electron chi connectivity index (χ4n) is 1.99.